The second-order valence-corrected chi connectivity index (χ2v) is 5.28. The van der Waals surface area contributed by atoms with E-state index >= 15 is 0 Å². The number of aromatic nitrogens is 2. The Morgan fingerprint density at radius 2 is 1.47 bits per heavy atom. The monoisotopic (exact) mass is 269 g/mol. The molecule has 0 aliphatic heterocycles. The molecular formula is C13H14F3N3. The number of benzene rings is 1. The quantitative estimate of drug-likeness (QED) is 0.854. The highest BCUT2D eigenvalue weighted by molar-refractivity contribution is 5.76. The van der Waals surface area contributed by atoms with E-state index in [9.17, 15) is 13.2 Å². The van der Waals surface area contributed by atoms with E-state index in [1.54, 1.807) is 39.0 Å². The van der Waals surface area contributed by atoms with Gasteiger partial charge in [-0.1, -0.05) is 12.1 Å². The summed E-state index contributed by atoms with van der Waals surface area (Å²) in [7, 11) is 0. The van der Waals surface area contributed by atoms with Gasteiger partial charge in [0.2, 0.25) is 0 Å². The average molecular weight is 269 g/mol. The summed E-state index contributed by atoms with van der Waals surface area (Å²) in [6.45, 7) is 5.30. The molecule has 0 spiro atoms. The molecular weight excluding hydrogens is 255 g/mol. The second-order valence-electron chi connectivity index (χ2n) is 5.28. The molecule has 0 saturated heterocycles. The van der Waals surface area contributed by atoms with Crippen molar-refractivity contribution in [2.24, 2.45) is 0 Å². The van der Waals surface area contributed by atoms with Gasteiger partial charge in [0, 0.05) is 5.54 Å². The normalized spacial score (nSPS) is 12.7. The van der Waals surface area contributed by atoms with Crippen molar-refractivity contribution in [1.82, 2.24) is 9.97 Å². The van der Waals surface area contributed by atoms with Crippen LogP contribution in [0.4, 0.5) is 19.0 Å². The standard InChI is InChI=1S/C13H14F3N3/c1-12(2,3)19-11-10(13(14,15)16)17-8-6-4-5-7-9(8)18-11/h4-7H,1-3H3,(H,18,19). The molecule has 102 valence electrons. The zero-order valence-electron chi connectivity index (χ0n) is 10.8. The lowest BCUT2D eigenvalue weighted by Gasteiger charge is -2.23. The highest BCUT2D eigenvalue weighted by Crippen LogP contribution is 2.34. The third-order valence-corrected chi connectivity index (χ3v) is 2.33. The van der Waals surface area contributed by atoms with E-state index in [2.05, 4.69) is 15.3 Å². The van der Waals surface area contributed by atoms with E-state index in [0.29, 0.717) is 5.52 Å². The van der Waals surface area contributed by atoms with Crippen LogP contribution in [0.5, 0.6) is 0 Å². The lowest BCUT2D eigenvalue weighted by atomic mass is 10.1. The van der Waals surface area contributed by atoms with Gasteiger partial charge >= 0.3 is 6.18 Å². The number of fused-ring (bicyclic) bond motifs is 1. The maximum Gasteiger partial charge on any atom is 0.437 e. The van der Waals surface area contributed by atoms with Crippen LogP contribution in [0.1, 0.15) is 26.5 Å². The molecule has 0 aliphatic rings. The number of hydrogen-bond acceptors (Lipinski definition) is 3. The maximum atomic E-state index is 13.0. The molecule has 0 bridgehead atoms. The third-order valence-electron chi connectivity index (χ3n) is 2.33. The molecule has 3 nitrogen and oxygen atoms in total. The van der Waals surface area contributed by atoms with Crippen molar-refractivity contribution in [3.8, 4) is 0 Å². The molecule has 0 unspecified atom stereocenters. The largest absolute Gasteiger partial charge is 0.437 e. The van der Waals surface area contributed by atoms with Crippen LogP contribution in [0.2, 0.25) is 0 Å². The van der Waals surface area contributed by atoms with E-state index in [-0.39, 0.29) is 11.3 Å². The highest BCUT2D eigenvalue weighted by atomic mass is 19.4. The molecule has 6 heteroatoms. The van der Waals surface area contributed by atoms with E-state index in [1.165, 1.54) is 6.07 Å². The lowest BCUT2D eigenvalue weighted by Crippen LogP contribution is -2.29. The topological polar surface area (TPSA) is 37.8 Å². The summed E-state index contributed by atoms with van der Waals surface area (Å²) >= 11 is 0. The molecule has 0 saturated carbocycles. The van der Waals surface area contributed by atoms with Gasteiger partial charge < -0.3 is 5.32 Å². The predicted molar refractivity (Wildman–Crippen MR) is 67.9 cm³/mol. The second kappa shape index (κ2) is 4.36. The van der Waals surface area contributed by atoms with Gasteiger partial charge in [-0.15, -0.1) is 0 Å². The van der Waals surface area contributed by atoms with Crippen molar-refractivity contribution >= 4 is 16.9 Å². The van der Waals surface area contributed by atoms with E-state index in [0.717, 1.165) is 0 Å². The van der Waals surface area contributed by atoms with Crippen LogP contribution in [0.3, 0.4) is 0 Å². The molecule has 0 aliphatic carbocycles. The Labute approximate surface area is 108 Å². The van der Waals surface area contributed by atoms with Crippen LogP contribution in [-0.4, -0.2) is 15.5 Å². The summed E-state index contributed by atoms with van der Waals surface area (Å²) in [4.78, 5) is 7.71. The number of nitrogens with one attached hydrogen (secondary N) is 1. The molecule has 1 aromatic heterocycles. The smallest absolute Gasteiger partial charge is 0.364 e. The Morgan fingerprint density at radius 1 is 0.947 bits per heavy atom. The first-order chi connectivity index (χ1) is 8.67. The van der Waals surface area contributed by atoms with E-state index in [4.69, 9.17) is 0 Å². The summed E-state index contributed by atoms with van der Waals surface area (Å²) in [5, 5.41) is 2.75. The van der Waals surface area contributed by atoms with Crippen molar-refractivity contribution in [2.75, 3.05) is 5.32 Å². The number of para-hydroxylation sites is 2. The van der Waals surface area contributed by atoms with Crippen molar-refractivity contribution < 1.29 is 13.2 Å². The van der Waals surface area contributed by atoms with E-state index < -0.39 is 17.4 Å². The number of alkyl halides is 3. The number of rotatable bonds is 1. The Kier molecular flexibility index (Phi) is 3.12. The Bertz CT molecular complexity index is 600. The fraction of sp³-hybridized carbons (Fsp3) is 0.385. The van der Waals surface area contributed by atoms with E-state index in [1.807, 2.05) is 0 Å². The van der Waals surface area contributed by atoms with Gasteiger partial charge in [0.1, 0.15) is 0 Å². The van der Waals surface area contributed by atoms with Crippen LogP contribution in [0.15, 0.2) is 24.3 Å². The van der Waals surface area contributed by atoms with Gasteiger partial charge in [-0.3, -0.25) is 0 Å². The zero-order chi connectivity index (χ0) is 14.3. The molecule has 0 radical (unpaired) electrons. The van der Waals surface area contributed by atoms with Gasteiger partial charge in [-0.2, -0.15) is 13.2 Å². The number of hydrogen-bond donors (Lipinski definition) is 1. The van der Waals surface area contributed by atoms with Crippen LogP contribution in [0, 0.1) is 0 Å². The van der Waals surface area contributed by atoms with Crippen LogP contribution in [0.25, 0.3) is 11.0 Å². The van der Waals surface area contributed by atoms with Gasteiger partial charge in [0.05, 0.1) is 11.0 Å². The Morgan fingerprint density at radius 3 is 1.95 bits per heavy atom. The lowest BCUT2D eigenvalue weighted by molar-refractivity contribution is -0.140. The predicted octanol–water partition coefficient (Wildman–Crippen LogP) is 3.86. The molecule has 2 aromatic rings. The Hall–Kier alpha value is -1.85. The molecule has 19 heavy (non-hydrogen) atoms. The summed E-state index contributed by atoms with van der Waals surface area (Å²) in [5.41, 5.74) is -0.852. The minimum Gasteiger partial charge on any atom is -0.364 e. The first kappa shape index (κ1) is 13.6. The van der Waals surface area contributed by atoms with Crippen molar-refractivity contribution in [3.63, 3.8) is 0 Å². The molecule has 1 aromatic carbocycles. The summed E-state index contributed by atoms with van der Waals surface area (Å²) in [6.07, 6.45) is -4.54. The van der Waals surface area contributed by atoms with Crippen molar-refractivity contribution in [1.29, 1.82) is 0 Å². The number of anilines is 1. The van der Waals surface area contributed by atoms with Crippen LogP contribution >= 0.6 is 0 Å². The minimum absolute atomic E-state index is 0.231. The summed E-state index contributed by atoms with van der Waals surface area (Å²) in [6, 6.07) is 6.49. The fourth-order valence-corrected chi connectivity index (χ4v) is 1.64. The molecule has 2 rings (SSSR count). The third kappa shape index (κ3) is 3.13. The molecule has 0 amide bonds. The SMILES string of the molecule is CC(C)(C)Nc1nc2ccccc2nc1C(F)(F)F. The van der Waals surface area contributed by atoms with Gasteiger partial charge in [-0.05, 0) is 32.9 Å². The number of halogens is 3. The first-order valence-corrected chi connectivity index (χ1v) is 5.79. The van der Waals surface area contributed by atoms with Gasteiger partial charge in [0.25, 0.3) is 0 Å². The highest BCUT2D eigenvalue weighted by Gasteiger charge is 2.37. The van der Waals surface area contributed by atoms with Crippen molar-refractivity contribution in [2.45, 2.75) is 32.5 Å². The summed E-state index contributed by atoms with van der Waals surface area (Å²) < 4.78 is 39.0. The van der Waals surface area contributed by atoms with Crippen molar-refractivity contribution in [3.05, 3.63) is 30.0 Å². The molecule has 1 N–H and O–H groups in total. The maximum absolute atomic E-state index is 13.0. The summed E-state index contributed by atoms with van der Waals surface area (Å²) in [5.74, 6) is -0.237. The number of nitrogens with zero attached hydrogens (tertiary/aromatic N) is 2. The molecule has 1 heterocycles. The average Bonchev–Trinajstić information content (AvgIpc) is 2.24. The fourth-order valence-electron chi connectivity index (χ4n) is 1.64. The molecule has 0 atom stereocenters. The zero-order valence-corrected chi connectivity index (χ0v) is 10.8. The van der Waals surface area contributed by atoms with Crippen LogP contribution < -0.4 is 5.32 Å². The molecule has 0 fully saturated rings. The van der Waals surface area contributed by atoms with Crippen LogP contribution in [-0.2, 0) is 6.18 Å². The van der Waals surface area contributed by atoms with Gasteiger partial charge in [-0.25, -0.2) is 9.97 Å². The minimum atomic E-state index is -4.54. The van der Waals surface area contributed by atoms with Gasteiger partial charge in [0.15, 0.2) is 11.5 Å². The Balaban J connectivity index is 2.64. The first-order valence-electron chi connectivity index (χ1n) is 5.79.